The van der Waals surface area contributed by atoms with Gasteiger partial charge in [-0.1, -0.05) is 25.0 Å². The number of aliphatic imine (C=N–C) groups is 1. The molecule has 1 saturated carbocycles. The molecule has 1 aromatic rings. The lowest BCUT2D eigenvalue weighted by Gasteiger charge is -2.14. The van der Waals surface area contributed by atoms with Crippen molar-refractivity contribution in [3.8, 4) is 0 Å². The van der Waals surface area contributed by atoms with Crippen LogP contribution in [0.2, 0.25) is 0 Å². The smallest absolute Gasteiger partial charge is 0.227 e. The molecule has 1 aromatic carbocycles. The first kappa shape index (κ1) is 20.6. The predicted octanol–water partition coefficient (Wildman–Crippen LogP) is 3.62. The van der Waals surface area contributed by atoms with Crippen molar-refractivity contribution in [3.05, 3.63) is 29.8 Å². The van der Waals surface area contributed by atoms with Crippen molar-refractivity contribution in [2.24, 2.45) is 10.9 Å². The summed E-state index contributed by atoms with van der Waals surface area (Å²) >= 11 is 1.88. The van der Waals surface area contributed by atoms with Crippen LogP contribution in [0.15, 0.2) is 29.3 Å². The van der Waals surface area contributed by atoms with Gasteiger partial charge in [-0.15, -0.1) is 0 Å². The van der Waals surface area contributed by atoms with Gasteiger partial charge in [0, 0.05) is 31.7 Å². The minimum Gasteiger partial charge on any atom is -0.356 e. The predicted molar refractivity (Wildman–Crippen MR) is 113 cm³/mol. The largest absolute Gasteiger partial charge is 0.356 e. The zero-order valence-corrected chi connectivity index (χ0v) is 16.8. The lowest BCUT2D eigenvalue weighted by atomic mass is 10.1. The number of anilines is 1. The Morgan fingerprint density at radius 2 is 2.04 bits per heavy atom. The first-order valence-corrected chi connectivity index (χ1v) is 11.0. The summed E-state index contributed by atoms with van der Waals surface area (Å²) in [6.45, 7) is 1.61. The monoisotopic (exact) mass is 376 g/mol. The molecule has 1 fully saturated rings. The molecule has 26 heavy (non-hydrogen) atoms. The number of benzene rings is 1. The van der Waals surface area contributed by atoms with Crippen LogP contribution in [0.4, 0.5) is 5.69 Å². The van der Waals surface area contributed by atoms with Gasteiger partial charge in [0.15, 0.2) is 5.96 Å². The van der Waals surface area contributed by atoms with Crippen LogP contribution in [-0.4, -0.2) is 37.5 Å². The summed E-state index contributed by atoms with van der Waals surface area (Å²) in [6.07, 6.45) is 8.88. The normalized spacial score (nSPS) is 15.1. The standard InChI is InChI=1S/C20H32N4OS/c1-21-20(22-12-5-6-13-26-2)23-15-16-8-7-11-18(14-16)24-19(25)17-9-3-4-10-17/h7-8,11,14,17H,3-6,9-10,12-13,15H2,1-2H3,(H,24,25)(H2,21,22,23). The first-order valence-electron chi connectivity index (χ1n) is 9.56. The molecule has 0 saturated heterocycles. The number of guanidine groups is 1. The molecule has 144 valence electrons. The van der Waals surface area contributed by atoms with Gasteiger partial charge >= 0.3 is 0 Å². The summed E-state index contributed by atoms with van der Waals surface area (Å²) in [7, 11) is 1.79. The molecule has 1 amide bonds. The SMILES string of the molecule is CN=C(NCCCCSC)NCc1cccc(NC(=O)C2CCCC2)c1. The van der Waals surface area contributed by atoms with Gasteiger partial charge in [0.25, 0.3) is 0 Å². The maximum absolute atomic E-state index is 12.3. The zero-order chi connectivity index (χ0) is 18.6. The quantitative estimate of drug-likeness (QED) is 0.350. The summed E-state index contributed by atoms with van der Waals surface area (Å²) in [6, 6.07) is 8.03. The molecule has 0 aromatic heterocycles. The van der Waals surface area contributed by atoms with Crippen molar-refractivity contribution in [3.63, 3.8) is 0 Å². The highest BCUT2D eigenvalue weighted by Gasteiger charge is 2.22. The Morgan fingerprint density at radius 1 is 1.23 bits per heavy atom. The van der Waals surface area contributed by atoms with Crippen molar-refractivity contribution in [1.82, 2.24) is 10.6 Å². The van der Waals surface area contributed by atoms with Crippen molar-refractivity contribution in [2.75, 3.05) is 30.9 Å². The third kappa shape index (κ3) is 7.28. The number of hydrogen-bond donors (Lipinski definition) is 3. The van der Waals surface area contributed by atoms with Crippen molar-refractivity contribution in [2.45, 2.75) is 45.1 Å². The van der Waals surface area contributed by atoms with Crippen LogP contribution in [0.3, 0.4) is 0 Å². The number of amides is 1. The minimum absolute atomic E-state index is 0.162. The molecule has 0 atom stereocenters. The van der Waals surface area contributed by atoms with Crippen molar-refractivity contribution >= 4 is 29.3 Å². The molecule has 0 unspecified atom stereocenters. The van der Waals surface area contributed by atoms with E-state index in [-0.39, 0.29) is 11.8 Å². The lowest BCUT2D eigenvalue weighted by molar-refractivity contribution is -0.119. The molecule has 1 aliphatic carbocycles. The Labute approximate surface area is 161 Å². The third-order valence-corrected chi connectivity index (χ3v) is 5.37. The van der Waals surface area contributed by atoms with Gasteiger partial charge in [-0.2, -0.15) is 11.8 Å². The summed E-state index contributed by atoms with van der Waals surface area (Å²) in [5.74, 6) is 2.36. The lowest BCUT2D eigenvalue weighted by Crippen LogP contribution is -2.37. The molecule has 1 aliphatic rings. The average molecular weight is 377 g/mol. The van der Waals surface area contributed by atoms with Gasteiger partial charge in [0.05, 0.1) is 0 Å². The summed E-state index contributed by atoms with van der Waals surface area (Å²) < 4.78 is 0. The van der Waals surface area contributed by atoms with Crippen LogP contribution in [-0.2, 0) is 11.3 Å². The van der Waals surface area contributed by atoms with Gasteiger partial charge in [0.1, 0.15) is 0 Å². The van der Waals surface area contributed by atoms with Gasteiger partial charge in [-0.25, -0.2) is 0 Å². The van der Waals surface area contributed by atoms with E-state index in [1.165, 1.54) is 25.0 Å². The molecular weight excluding hydrogens is 344 g/mol. The second-order valence-corrected chi connectivity index (χ2v) is 7.71. The van der Waals surface area contributed by atoms with E-state index in [1.54, 1.807) is 7.05 Å². The molecule has 2 rings (SSSR count). The Morgan fingerprint density at radius 3 is 2.77 bits per heavy atom. The number of thioether (sulfide) groups is 1. The van der Waals surface area contributed by atoms with Gasteiger partial charge in [-0.05, 0) is 55.4 Å². The summed E-state index contributed by atoms with van der Waals surface area (Å²) in [5, 5.41) is 9.74. The highest BCUT2D eigenvalue weighted by atomic mass is 32.2. The first-order chi connectivity index (χ1) is 12.7. The van der Waals surface area contributed by atoms with Gasteiger partial charge in [0.2, 0.25) is 5.91 Å². The molecule has 0 heterocycles. The van der Waals surface area contributed by atoms with Crippen LogP contribution in [0.25, 0.3) is 0 Å². The maximum Gasteiger partial charge on any atom is 0.227 e. The van der Waals surface area contributed by atoms with Crippen LogP contribution in [0, 0.1) is 5.92 Å². The van der Waals surface area contributed by atoms with E-state index in [0.29, 0.717) is 6.54 Å². The van der Waals surface area contributed by atoms with Gasteiger partial charge < -0.3 is 16.0 Å². The Balaban J connectivity index is 1.77. The Hall–Kier alpha value is -1.69. The van der Waals surface area contributed by atoms with E-state index in [4.69, 9.17) is 0 Å². The molecule has 5 nitrogen and oxygen atoms in total. The minimum atomic E-state index is 0.162. The topological polar surface area (TPSA) is 65.5 Å². The molecule has 3 N–H and O–H groups in total. The molecular formula is C20H32N4OS. The van der Waals surface area contributed by atoms with E-state index >= 15 is 0 Å². The zero-order valence-electron chi connectivity index (χ0n) is 16.0. The fourth-order valence-electron chi connectivity index (χ4n) is 3.18. The second-order valence-electron chi connectivity index (χ2n) is 6.72. The van der Waals surface area contributed by atoms with E-state index in [0.717, 1.165) is 43.0 Å². The molecule has 0 spiro atoms. The van der Waals surface area contributed by atoms with Crippen LogP contribution in [0.5, 0.6) is 0 Å². The maximum atomic E-state index is 12.3. The molecule has 6 heteroatoms. The number of carbonyl (C=O) groups is 1. The van der Waals surface area contributed by atoms with Gasteiger partial charge in [-0.3, -0.25) is 9.79 Å². The van der Waals surface area contributed by atoms with E-state index < -0.39 is 0 Å². The number of carbonyl (C=O) groups excluding carboxylic acids is 1. The third-order valence-electron chi connectivity index (χ3n) is 4.67. The molecule has 0 radical (unpaired) electrons. The fraction of sp³-hybridized carbons (Fsp3) is 0.600. The highest BCUT2D eigenvalue weighted by molar-refractivity contribution is 7.98. The molecule has 0 bridgehead atoms. The number of nitrogens with zero attached hydrogens (tertiary/aromatic N) is 1. The summed E-state index contributed by atoms with van der Waals surface area (Å²) in [5.41, 5.74) is 2.00. The Kier molecular flexibility index (Phi) is 9.39. The number of nitrogens with one attached hydrogen (secondary N) is 3. The van der Waals surface area contributed by atoms with Crippen LogP contribution in [0.1, 0.15) is 44.1 Å². The Bertz CT molecular complexity index is 585. The van der Waals surface area contributed by atoms with E-state index in [2.05, 4.69) is 33.3 Å². The second kappa shape index (κ2) is 11.8. The number of hydrogen-bond acceptors (Lipinski definition) is 3. The van der Waals surface area contributed by atoms with Crippen molar-refractivity contribution in [1.29, 1.82) is 0 Å². The van der Waals surface area contributed by atoms with E-state index in [9.17, 15) is 4.79 Å². The van der Waals surface area contributed by atoms with Crippen molar-refractivity contribution < 1.29 is 4.79 Å². The average Bonchev–Trinajstić information content (AvgIpc) is 3.19. The van der Waals surface area contributed by atoms with E-state index in [1.807, 2.05) is 30.0 Å². The number of unbranched alkanes of at least 4 members (excludes halogenated alkanes) is 1. The number of rotatable bonds is 9. The highest BCUT2D eigenvalue weighted by Crippen LogP contribution is 2.26. The summed E-state index contributed by atoms with van der Waals surface area (Å²) in [4.78, 5) is 16.5. The fourth-order valence-corrected chi connectivity index (χ4v) is 3.67. The van der Waals surface area contributed by atoms with Crippen LogP contribution >= 0.6 is 11.8 Å². The molecule has 0 aliphatic heterocycles. The van der Waals surface area contributed by atoms with Crippen LogP contribution < -0.4 is 16.0 Å².